The van der Waals surface area contributed by atoms with E-state index in [0.717, 1.165) is 44.9 Å². The third-order valence-electron chi connectivity index (χ3n) is 8.31. The molecular formula is C27H41N3O3. The lowest BCUT2D eigenvalue weighted by atomic mass is 9.75. The molecule has 0 aromatic heterocycles. The van der Waals surface area contributed by atoms with E-state index in [1.165, 1.54) is 44.2 Å². The molecule has 1 aromatic rings. The predicted octanol–water partition coefficient (Wildman–Crippen LogP) is 3.76. The minimum atomic E-state index is -0.888. The Morgan fingerprint density at radius 3 is 2.39 bits per heavy atom. The van der Waals surface area contributed by atoms with E-state index in [2.05, 4.69) is 27.2 Å². The third-order valence-corrected chi connectivity index (χ3v) is 8.31. The summed E-state index contributed by atoms with van der Waals surface area (Å²) in [5.41, 5.74) is 0.335. The Hall–Kier alpha value is -1.92. The number of hydrogen-bond acceptors (Lipinski definition) is 4. The first kappa shape index (κ1) is 24.2. The molecule has 4 rings (SSSR count). The highest BCUT2D eigenvalue weighted by atomic mass is 16.4. The van der Waals surface area contributed by atoms with Crippen LogP contribution in [0.4, 0.5) is 0 Å². The molecule has 1 saturated carbocycles. The molecule has 33 heavy (non-hydrogen) atoms. The van der Waals surface area contributed by atoms with Gasteiger partial charge in [0, 0.05) is 45.3 Å². The van der Waals surface area contributed by atoms with Crippen molar-refractivity contribution in [2.75, 3.05) is 32.7 Å². The van der Waals surface area contributed by atoms with E-state index in [1.807, 2.05) is 25.1 Å². The molecule has 3 aliphatic rings. The van der Waals surface area contributed by atoms with E-state index in [0.29, 0.717) is 6.54 Å². The van der Waals surface area contributed by atoms with Crippen LogP contribution in [0.25, 0.3) is 0 Å². The molecule has 182 valence electrons. The van der Waals surface area contributed by atoms with Crippen LogP contribution in [-0.2, 0) is 16.1 Å². The number of hydrogen-bond donors (Lipinski definition) is 2. The number of rotatable bonds is 8. The fourth-order valence-electron chi connectivity index (χ4n) is 6.34. The monoisotopic (exact) mass is 455 g/mol. The molecule has 6 heteroatoms. The molecule has 2 atom stereocenters. The first-order valence-electron chi connectivity index (χ1n) is 13.0. The summed E-state index contributed by atoms with van der Waals surface area (Å²) >= 11 is 0. The zero-order valence-electron chi connectivity index (χ0n) is 20.2. The number of benzene rings is 1. The van der Waals surface area contributed by atoms with Gasteiger partial charge in [-0.2, -0.15) is 0 Å². The molecule has 0 spiro atoms. The van der Waals surface area contributed by atoms with Crippen LogP contribution in [0.15, 0.2) is 30.3 Å². The summed E-state index contributed by atoms with van der Waals surface area (Å²) in [5, 5.41) is 13.0. The van der Waals surface area contributed by atoms with E-state index < -0.39 is 11.4 Å². The van der Waals surface area contributed by atoms with Crippen LogP contribution in [0.1, 0.15) is 63.9 Å². The van der Waals surface area contributed by atoms with Gasteiger partial charge in [0.05, 0.1) is 11.8 Å². The lowest BCUT2D eigenvalue weighted by Gasteiger charge is -2.37. The minimum Gasteiger partial charge on any atom is -0.481 e. The predicted molar refractivity (Wildman–Crippen MR) is 130 cm³/mol. The smallest absolute Gasteiger partial charge is 0.304 e. The standard InChI is InChI=1S/C27H41N3O3/c1-21-17-30(19-23-10-6-3-7-11-23)20-27(21,16-25(31)32)26(33)28-24-12-14-29(15-13-24)18-22-8-4-2-5-9-22/h3,6-7,10-11,21-22,24H,2,4-5,8-9,12-20H2,1H3,(H,28,33)(H,31,32)/t21-,27+/m1/s1. The highest BCUT2D eigenvalue weighted by Crippen LogP contribution is 2.40. The van der Waals surface area contributed by atoms with Crippen molar-refractivity contribution in [3.05, 3.63) is 35.9 Å². The molecular weight excluding hydrogens is 414 g/mol. The Morgan fingerprint density at radius 1 is 1.03 bits per heavy atom. The Balaban J connectivity index is 1.33. The number of nitrogens with one attached hydrogen (secondary N) is 1. The van der Waals surface area contributed by atoms with Crippen molar-refractivity contribution in [3.8, 4) is 0 Å². The van der Waals surface area contributed by atoms with Gasteiger partial charge < -0.3 is 15.3 Å². The van der Waals surface area contributed by atoms with Gasteiger partial charge >= 0.3 is 5.97 Å². The van der Waals surface area contributed by atoms with Crippen LogP contribution < -0.4 is 5.32 Å². The van der Waals surface area contributed by atoms with Gasteiger partial charge in [-0.3, -0.25) is 14.5 Å². The van der Waals surface area contributed by atoms with Gasteiger partial charge in [0.1, 0.15) is 0 Å². The Labute approximate surface area is 198 Å². The second-order valence-electron chi connectivity index (χ2n) is 10.8. The number of carboxylic acids is 1. The van der Waals surface area contributed by atoms with Crippen molar-refractivity contribution in [2.45, 2.75) is 70.9 Å². The van der Waals surface area contributed by atoms with E-state index in [4.69, 9.17) is 0 Å². The molecule has 2 N–H and O–H groups in total. The molecule has 3 fully saturated rings. The number of likely N-dealkylation sites (tertiary alicyclic amines) is 2. The number of carboxylic acid groups (broad SMARTS) is 1. The highest BCUT2D eigenvalue weighted by molar-refractivity contribution is 5.88. The second kappa shape index (κ2) is 11.0. The lowest BCUT2D eigenvalue weighted by Crippen LogP contribution is -2.53. The van der Waals surface area contributed by atoms with Crippen LogP contribution in [0.3, 0.4) is 0 Å². The highest BCUT2D eigenvalue weighted by Gasteiger charge is 2.51. The summed E-state index contributed by atoms with van der Waals surface area (Å²) in [6.07, 6.45) is 8.70. The van der Waals surface area contributed by atoms with E-state index in [9.17, 15) is 14.7 Å². The summed E-state index contributed by atoms with van der Waals surface area (Å²) in [4.78, 5) is 30.2. The van der Waals surface area contributed by atoms with Crippen LogP contribution in [0.2, 0.25) is 0 Å². The second-order valence-corrected chi connectivity index (χ2v) is 10.8. The molecule has 6 nitrogen and oxygen atoms in total. The molecule has 1 aromatic carbocycles. The van der Waals surface area contributed by atoms with Crippen molar-refractivity contribution in [1.82, 2.24) is 15.1 Å². The molecule has 0 bridgehead atoms. The normalized spacial score (nSPS) is 28.1. The first-order valence-corrected chi connectivity index (χ1v) is 13.0. The molecule has 2 aliphatic heterocycles. The fourth-order valence-corrected chi connectivity index (χ4v) is 6.34. The van der Waals surface area contributed by atoms with Crippen LogP contribution >= 0.6 is 0 Å². The summed E-state index contributed by atoms with van der Waals surface area (Å²) < 4.78 is 0. The fraction of sp³-hybridized carbons (Fsp3) is 0.704. The molecule has 0 unspecified atom stereocenters. The van der Waals surface area contributed by atoms with Crippen LogP contribution in [0.5, 0.6) is 0 Å². The zero-order valence-corrected chi connectivity index (χ0v) is 20.2. The Bertz CT molecular complexity index is 787. The van der Waals surface area contributed by atoms with E-state index in [1.54, 1.807) is 0 Å². The van der Waals surface area contributed by atoms with Gasteiger partial charge in [-0.25, -0.2) is 0 Å². The van der Waals surface area contributed by atoms with Gasteiger partial charge in [-0.15, -0.1) is 0 Å². The van der Waals surface area contributed by atoms with Gasteiger partial charge in [0.25, 0.3) is 0 Å². The number of carbonyl (C=O) groups is 2. The van der Waals surface area contributed by atoms with E-state index in [-0.39, 0.29) is 24.3 Å². The van der Waals surface area contributed by atoms with Crippen molar-refractivity contribution in [3.63, 3.8) is 0 Å². The summed E-state index contributed by atoms with van der Waals surface area (Å²) in [6.45, 7) is 7.30. The molecule has 1 amide bonds. The van der Waals surface area contributed by atoms with Gasteiger partial charge in [-0.1, -0.05) is 56.5 Å². The Kier molecular flexibility index (Phi) is 8.07. The maximum Gasteiger partial charge on any atom is 0.304 e. The molecule has 2 heterocycles. The topological polar surface area (TPSA) is 72.9 Å². The number of amides is 1. The van der Waals surface area contributed by atoms with Crippen LogP contribution in [-0.4, -0.2) is 65.5 Å². The van der Waals surface area contributed by atoms with Crippen LogP contribution in [0, 0.1) is 17.3 Å². The largest absolute Gasteiger partial charge is 0.481 e. The number of piperidine rings is 1. The number of nitrogens with zero attached hydrogens (tertiary/aromatic N) is 2. The van der Waals surface area contributed by atoms with Crippen molar-refractivity contribution >= 4 is 11.9 Å². The first-order chi connectivity index (χ1) is 15.9. The third kappa shape index (κ3) is 6.15. The lowest BCUT2D eigenvalue weighted by molar-refractivity contribution is -0.147. The summed E-state index contributed by atoms with van der Waals surface area (Å²) in [5.74, 6) is -0.0954. The minimum absolute atomic E-state index is 0.00343. The van der Waals surface area contributed by atoms with Crippen molar-refractivity contribution in [1.29, 1.82) is 0 Å². The van der Waals surface area contributed by atoms with Crippen molar-refractivity contribution < 1.29 is 14.7 Å². The zero-order chi connectivity index (χ0) is 23.3. The molecule has 1 aliphatic carbocycles. The summed E-state index contributed by atoms with van der Waals surface area (Å²) in [6, 6.07) is 10.4. The average Bonchev–Trinajstić information content (AvgIpc) is 3.11. The Morgan fingerprint density at radius 2 is 1.73 bits per heavy atom. The number of carbonyl (C=O) groups excluding carboxylic acids is 1. The average molecular weight is 456 g/mol. The van der Waals surface area contributed by atoms with Gasteiger partial charge in [0.2, 0.25) is 5.91 Å². The molecule has 0 radical (unpaired) electrons. The SMILES string of the molecule is C[C@@H]1CN(Cc2ccccc2)C[C@]1(CC(=O)O)C(=O)NC1CCN(CC2CCCCC2)CC1. The van der Waals surface area contributed by atoms with Gasteiger partial charge in [0.15, 0.2) is 0 Å². The van der Waals surface area contributed by atoms with E-state index >= 15 is 0 Å². The van der Waals surface area contributed by atoms with Crippen molar-refractivity contribution in [2.24, 2.45) is 17.3 Å². The molecule has 2 saturated heterocycles. The number of aliphatic carboxylic acids is 1. The maximum atomic E-state index is 13.6. The quantitative estimate of drug-likeness (QED) is 0.624. The summed E-state index contributed by atoms with van der Waals surface area (Å²) in [7, 11) is 0. The van der Waals surface area contributed by atoms with Gasteiger partial charge in [-0.05, 0) is 43.1 Å². The maximum absolute atomic E-state index is 13.6.